The predicted molar refractivity (Wildman–Crippen MR) is 111 cm³/mol. The summed E-state index contributed by atoms with van der Waals surface area (Å²) in [6.07, 6.45) is 1.34. The molecule has 146 valence electrons. The van der Waals surface area contributed by atoms with E-state index in [4.69, 9.17) is 5.11 Å². The first kappa shape index (κ1) is 17.6. The minimum Gasteiger partial charge on any atom is -0.465 e. The fraction of sp³-hybridized carbons (Fsp3) is 0.200. The third kappa shape index (κ3) is 3.29. The van der Waals surface area contributed by atoms with Crippen LogP contribution in [0.15, 0.2) is 42.6 Å². The Balaban J connectivity index is 1.36. The molecule has 1 aliphatic rings. The van der Waals surface area contributed by atoms with Crippen molar-refractivity contribution >= 4 is 49.6 Å². The highest BCUT2D eigenvalue weighted by atomic mass is 32.1. The molecule has 0 saturated carbocycles. The maximum Gasteiger partial charge on any atom is 0.407 e. The van der Waals surface area contributed by atoms with Crippen LogP contribution in [0.5, 0.6) is 0 Å². The Hall–Kier alpha value is -3.46. The summed E-state index contributed by atoms with van der Waals surface area (Å²) in [5.41, 5.74) is 3.96. The number of anilines is 1. The molecule has 2 amide bonds. The van der Waals surface area contributed by atoms with E-state index >= 15 is 0 Å². The van der Waals surface area contributed by atoms with Crippen LogP contribution in [0.25, 0.3) is 32.2 Å². The summed E-state index contributed by atoms with van der Waals surface area (Å²) >= 11 is 1.41. The number of benzene rings is 2. The first-order valence-electron chi connectivity index (χ1n) is 9.20. The molecule has 5 rings (SSSR count). The van der Waals surface area contributed by atoms with Gasteiger partial charge in [0.05, 0.1) is 27.8 Å². The van der Waals surface area contributed by atoms with Crippen LogP contribution in [0.4, 0.5) is 9.93 Å². The van der Waals surface area contributed by atoms with E-state index in [0.29, 0.717) is 18.1 Å². The van der Waals surface area contributed by atoms with Crippen LogP contribution in [0.3, 0.4) is 0 Å². The Morgan fingerprint density at radius 3 is 2.86 bits per heavy atom. The summed E-state index contributed by atoms with van der Waals surface area (Å²) < 4.78 is 0.976. The zero-order valence-electron chi connectivity index (χ0n) is 15.3. The number of carbonyl (C=O) groups is 2. The molecular weight excluding hydrogens is 390 g/mol. The van der Waals surface area contributed by atoms with Gasteiger partial charge in [-0.2, -0.15) is 5.10 Å². The molecule has 2 aromatic carbocycles. The summed E-state index contributed by atoms with van der Waals surface area (Å²) in [5.74, 6) is -0.520. The van der Waals surface area contributed by atoms with Gasteiger partial charge in [0.15, 0.2) is 5.13 Å². The number of aromatic nitrogens is 3. The van der Waals surface area contributed by atoms with Crippen LogP contribution in [0.1, 0.15) is 6.42 Å². The second-order valence-corrected chi connectivity index (χ2v) is 8.11. The molecule has 2 aromatic heterocycles. The van der Waals surface area contributed by atoms with Gasteiger partial charge < -0.3 is 15.3 Å². The van der Waals surface area contributed by atoms with Crippen molar-refractivity contribution in [2.45, 2.75) is 6.42 Å². The Morgan fingerprint density at radius 2 is 2.03 bits per heavy atom. The minimum atomic E-state index is -0.985. The highest BCUT2D eigenvalue weighted by Crippen LogP contribution is 2.32. The molecule has 3 heterocycles. The Kier molecular flexibility index (Phi) is 4.17. The van der Waals surface area contributed by atoms with Crippen LogP contribution < -0.4 is 5.32 Å². The van der Waals surface area contributed by atoms with Crippen molar-refractivity contribution in [2.24, 2.45) is 5.92 Å². The van der Waals surface area contributed by atoms with Gasteiger partial charge in [0, 0.05) is 18.5 Å². The summed E-state index contributed by atoms with van der Waals surface area (Å²) in [4.78, 5) is 29.3. The molecular formula is C20H17N5O3S. The summed E-state index contributed by atoms with van der Waals surface area (Å²) in [5, 5.41) is 20.5. The summed E-state index contributed by atoms with van der Waals surface area (Å²) in [6.45, 7) is 0.615. The van der Waals surface area contributed by atoms with E-state index < -0.39 is 6.09 Å². The monoisotopic (exact) mass is 407 g/mol. The minimum absolute atomic E-state index is 0.182. The molecule has 0 aliphatic carbocycles. The van der Waals surface area contributed by atoms with Crippen molar-refractivity contribution in [3.8, 4) is 11.1 Å². The van der Waals surface area contributed by atoms with Crippen molar-refractivity contribution in [1.29, 1.82) is 0 Å². The van der Waals surface area contributed by atoms with E-state index in [1.165, 1.54) is 16.2 Å². The number of rotatable bonds is 3. The molecule has 0 spiro atoms. The third-order valence-electron chi connectivity index (χ3n) is 5.22. The van der Waals surface area contributed by atoms with Crippen molar-refractivity contribution in [2.75, 3.05) is 18.4 Å². The lowest BCUT2D eigenvalue weighted by Gasteiger charge is -2.11. The largest absolute Gasteiger partial charge is 0.465 e. The van der Waals surface area contributed by atoms with E-state index in [9.17, 15) is 9.59 Å². The number of nitrogens with one attached hydrogen (secondary N) is 2. The van der Waals surface area contributed by atoms with E-state index in [2.05, 4.69) is 32.6 Å². The fourth-order valence-electron chi connectivity index (χ4n) is 3.64. The highest BCUT2D eigenvalue weighted by Gasteiger charge is 2.31. The Labute approximate surface area is 169 Å². The normalized spacial score (nSPS) is 16.6. The molecule has 9 heteroatoms. The number of nitrogens with zero attached hydrogens (tertiary/aromatic N) is 3. The SMILES string of the molecule is O=C(Nc1nc2ccc(-c3ccc4[nH]ncc4c3)cc2s1)[C@@H]1CCN(C(=O)O)C1. The lowest BCUT2D eigenvalue weighted by molar-refractivity contribution is -0.119. The summed E-state index contributed by atoms with van der Waals surface area (Å²) in [6, 6.07) is 12.1. The molecule has 1 aliphatic heterocycles. The van der Waals surface area contributed by atoms with Gasteiger partial charge in [-0.1, -0.05) is 23.5 Å². The highest BCUT2D eigenvalue weighted by molar-refractivity contribution is 7.22. The molecule has 4 aromatic rings. The quantitative estimate of drug-likeness (QED) is 0.479. The smallest absolute Gasteiger partial charge is 0.407 e. The van der Waals surface area contributed by atoms with Crippen molar-refractivity contribution < 1.29 is 14.7 Å². The van der Waals surface area contributed by atoms with Gasteiger partial charge in [-0.25, -0.2) is 9.78 Å². The van der Waals surface area contributed by atoms with Gasteiger partial charge in [-0.15, -0.1) is 0 Å². The maximum absolute atomic E-state index is 12.5. The van der Waals surface area contributed by atoms with Gasteiger partial charge in [-0.3, -0.25) is 9.89 Å². The number of H-pyrrole nitrogens is 1. The molecule has 1 saturated heterocycles. The van der Waals surface area contributed by atoms with Crippen molar-refractivity contribution in [3.05, 3.63) is 42.6 Å². The first-order valence-corrected chi connectivity index (χ1v) is 10.0. The number of hydrogen-bond acceptors (Lipinski definition) is 5. The number of carboxylic acid groups (broad SMARTS) is 1. The number of aromatic amines is 1. The van der Waals surface area contributed by atoms with Gasteiger partial charge in [0.1, 0.15) is 0 Å². The third-order valence-corrected chi connectivity index (χ3v) is 6.16. The number of carbonyl (C=O) groups excluding carboxylic acids is 1. The van der Waals surface area contributed by atoms with Gasteiger partial charge in [0.25, 0.3) is 0 Å². The van der Waals surface area contributed by atoms with Gasteiger partial charge >= 0.3 is 6.09 Å². The molecule has 1 fully saturated rings. The number of amides is 2. The topological polar surface area (TPSA) is 111 Å². The van der Waals surface area contributed by atoms with E-state index in [0.717, 1.165) is 32.2 Å². The second-order valence-electron chi connectivity index (χ2n) is 7.08. The average Bonchev–Trinajstić information content (AvgIpc) is 3.44. The predicted octanol–water partition coefficient (Wildman–Crippen LogP) is 3.78. The van der Waals surface area contributed by atoms with E-state index in [-0.39, 0.29) is 18.4 Å². The second kappa shape index (κ2) is 6.85. The van der Waals surface area contributed by atoms with Crippen LogP contribution in [0, 0.1) is 5.92 Å². The number of likely N-dealkylation sites (tertiary alicyclic amines) is 1. The molecule has 0 bridgehead atoms. The first-order chi connectivity index (χ1) is 14.1. The van der Waals surface area contributed by atoms with Crippen LogP contribution >= 0.6 is 11.3 Å². The molecule has 8 nitrogen and oxygen atoms in total. The fourth-order valence-corrected chi connectivity index (χ4v) is 4.54. The molecule has 3 N–H and O–H groups in total. The van der Waals surface area contributed by atoms with Crippen LogP contribution in [-0.4, -0.2) is 50.3 Å². The maximum atomic E-state index is 12.5. The lowest BCUT2D eigenvalue weighted by Crippen LogP contribution is -2.30. The standard InChI is InChI=1S/C20H17N5O3S/c26-18(13-5-6-25(10-13)20(27)28)23-19-22-16-4-2-12(8-17(16)29-19)11-1-3-15-14(7-11)9-21-24-15/h1-4,7-9,13H,5-6,10H2,(H,21,24)(H,27,28)(H,22,23,26)/t13-/m1/s1. The Morgan fingerprint density at radius 1 is 1.21 bits per heavy atom. The van der Waals surface area contributed by atoms with Gasteiger partial charge in [0.2, 0.25) is 5.91 Å². The molecule has 1 atom stereocenters. The van der Waals surface area contributed by atoms with Crippen molar-refractivity contribution in [1.82, 2.24) is 20.1 Å². The van der Waals surface area contributed by atoms with E-state index in [1.54, 1.807) is 6.20 Å². The Bertz CT molecular complexity index is 1250. The lowest BCUT2D eigenvalue weighted by atomic mass is 10.0. The van der Waals surface area contributed by atoms with Crippen LogP contribution in [-0.2, 0) is 4.79 Å². The van der Waals surface area contributed by atoms with Crippen molar-refractivity contribution in [3.63, 3.8) is 0 Å². The number of fused-ring (bicyclic) bond motifs is 2. The van der Waals surface area contributed by atoms with Gasteiger partial charge in [-0.05, 0) is 41.8 Å². The zero-order chi connectivity index (χ0) is 20.0. The molecule has 29 heavy (non-hydrogen) atoms. The molecule has 0 unspecified atom stereocenters. The molecule has 0 radical (unpaired) electrons. The number of thiazole rings is 1. The number of hydrogen-bond donors (Lipinski definition) is 3. The van der Waals surface area contributed by atoms with Crippen LogP contribution in [0.2, 0.25) is 0 Å². The average molecular weight is 407 g/mol. The zero-order valence-corrected chi connectivity index (χ0v) is 16.1. The summed E-state index contributed by atoms with van der Waals surface area (Å²) in [7, 11) is 0. The van der Waals surface area contributed by atoms with E-state index in [1.807, 2.05) is 24.3 Å².